The number of hydrogen-bond donors (Lipinski definition) is 0. The average molecular weight is 571 g/mol. The third kappa shape index (κ3) is 7.33. The molecule has 2 aliphatic rings. The molecule has 0 spiro atoms. The first kappa shape index (κ1) is 30.1. The Hall–Kier alpha value is -3.38. The number of hydrogen-bond acceptors (Lipinski definition) is 3. The van der Waals surface area contributed by atoms with Crippen molar-refractivity contribution in [1.29, 1.82) is 0 Å². The van der Waals surface area contributed by atoms with Crippen LogP contribution < -0.4 is 0 Å². The Kier molecular flexibility index (Phi) is 9.22. The van der Waals surface area contributed by atoms with Gasteiger partial charge in [-0.3, -0.25) is 9.89 Å². The Morgan fingerprint density at radius 3 is 2.33 bits per heavy atom. The topological polar surface area (TPSA) is 33.4 Å². The molecule has 0 N–H and O–H groups in total. The quantitative estimate of drug-likeness (QED) is 0.208. The van der Waals surface area contributed by atoms with E-state index in [0.29, 0.717) is 5.92 Å². The average Bonchev–Trinajstić information content (AvgIpc) is 3.73. The van der Waals surface area contributed by atoms with Crippen molar-refractivity contribution in [2.24, 2.45) is 10.9 Å². The highest BCUT2D eigenvalue weighted by molar-refractivity contribution is 6.00. The number of alkyl halides is 2. The van der Waals surface area contributed by atoms with Crippen LogP contribution in [0.5, 0.6) is 0 Å². The molecule has 1 aliphatic carbocycles. The predicted octanol–water partition coefficient (Wildman–Crippen LogP) is 8.68. The molecule has 1 saturated carbocycles. The van der Waals surface area contributed by atoms with Crippen LogP contribution in [-0.2, 0) is 19.0 Å². The zero-order chi connectivity index (χ0) is 29.9. The highest BCUT2D eigenvalue weighted by atomic mass is 19.3. The van der Waals surface area contributed by atoms with Gasteiger partial charge in [0.15, 0.2) is 0 Å². The van der Waals surface area contributed by atoms with E-state index in [-0.39, 0.29) is 5.56 Å². The second-order valence-electron chi connectivity index (χ2n) is 12.3. The number of rotatable bonds is 7. The molecule has 2 heterocycles. The molecule has 0 radical (unpaired) electrons. The van der Waals surface area contributed by atoms with Gasteiger partial charge in [-0.2, -0.15) is 0 Å². The predicted molar refractivity (Wildman–Crippen MR) is 170 cm³/mol. The maximum absolute atomic E-state index is 12.6. The number of aromatic nitrogens is 2. The van der Waals surface area contributed by atoms with E-state index in [1.54, 1.807) is 19.1 Å². The number of imidazole rings is 1. The second-order valence-corrected chi connectivity index (χ2v) is 12.3. The fraction of sp³-hybridized carbons (Fsp3) is 0.444. The fourth-order valence-electron chi connectivity index (χ4n) is 5.96. The van der Waals surface area contributed by atoms with Crippen LogP contribution >= 0.6 is 0 Å². The molecule has 222 valence electrons. The molecule has 42 heavy (non-hydrogen) atoms. The number of fused-ring (bicyclic) bond motifs is 1. The number of aryl methyl sites for hydroxylation is 2. The molecule has 0 unspecified atom stereocenters. The summed E-state index contributed by atoms with van der Waals surface area (Å²) < 4.78 is 27.8. The summed E-state index contributed by atoms with van der Waals surface area (Å²) in [6.45, 7) is 11.4. The molecule has 0 atom stereocenters. The van der Waals surface area contributed by atoms with E-state index in [4.69, 9.17) is 4.98 Å². The summed E-state index contributed by atoms with van der Waals surface area (Å²) in [6.07, 6.45) is 5.15. The van der Waals surface area contributed by atoms with Gasteiger partial charge in [0.25, 0.3) is 5.92 Å². The molecular weight excluding hydrogens is 526 g/mol. The monoisotopic (exact) mass is 570 g/mol. The van der Waals surface area contributed by atoms with Crippen molar-refractivity contribution >= 4 is 16.7 Å². The standard InChI is InChI=1S/C27H34N4.C9H10F2/c1-19-8-9-22(16-24(19)20(2)28-3)17-30-14-12-23(13-15-30)27-29-25-6-4-5-7-26(25)31(27)18-21-10-11-21;1-7-4-3-5-8(6-7)9(2,10)11/h4-9,16,21,23H,10-15,17-18H2,1-3H3;3-6H,1-2H3. The van der Waals surface area contributed by atoms with E-state index in [9.17, 15) is 8.78 Å². The lowest BCUT2D eigenvalue weighted by Crippen LogP contribution is -2.33. The molecule has 4 aromatic rings. The summed E-state index contributed by atoms with van der Waals surface area (Å²) in [5.41, 5.74) is 8.54. The lowest BCUT2D eigenvalue weighted by Gasteiger charge is -2.32. The molecule has 3 aromatic carbocycles. The number of para-hydroxylation sites is 2. The molecule has 0 bridgehead atoms. The van der Waals surface area contributed by atoms with E-state index in [2.05, 4.69) is 70.8 Å². The van der Waals surface area contributed by atoms with Crippen molar-refractivity contribution in [3.63, 3.8) is 0 Å². The Bertz CT molecular complexity index is 1540. The van der Waals surface area contributed by atoms with Crippen LogP contribution in [0.25, 0.3) is 11.0 Å². The normalized spacial score (nSPS) is 16.9. The Balaban J connectivity index is 0.000000271. The van der Waals surface area contributed by atoms with Crippen molar-refractivity contribution in [3.05, 3.63) is 100 Å². The van der Waals surface area contributed by atoms with Crippen LogP contribution in [0.15, 0.2) is 71.7 Å². The number of benzene rings is 3. The number of piperidine rings is 1. The lowest BCUT2D eigenvalue weighted by molar-refractivity contribution is 0.0174. The van der Waals surface area contributed by atoms with Gasteiger partial charge in [0, 0.05) is 44.3 Å². The van der Waals surface area contributed by atoms with E-state index in [0.717, 1.165) is 50.3 Å². The molecule has 2 fully saturated rings. The third-order valence-corrected chi connectivity index (χ3v) is 8.73. The summed E-state index contributed by atoms with van der Waals surface area (Å²) in [5.74, 6) is 0.0550. The van der Waals surface area contributed by atoms with Crippen molar-refractivity contribution < 1.29 is 8.78 Å². The van der Waals surface area contributed by atoms with Crippen LogP contribution in [-0.4, -0.2) is 40.3 Å². The molecule has 6 heteroatoms. The first-order chi connectivity index (χ1) is 20.1. The fourth-order valence-corrected chi connectivity index (χ4v) is 5.96. The van der Waals surface area contributed by atoms with E-state index in [1.165, 1.54) is 71.4 Å². The molecule has 6 rings (SSSR count). The molecule has 0 amide bonds. The lowest BCUT2D eigenvalue weighted by atomic mass is 9.95. The number of aliphatic imine (C=N–C) groups is 1. The summed E-state index contributed by atoms with van der Waals surface area (Å²) in [5, 5.41) is 0. The van der Waals surface area contributed by atoms with Gasteiger partial charge < -0.3 is 4.57 Å². The van der Waals surface area contributed by atoms with Crippen LogP contribution in [0.4, 0.5) is 8.78 Å². The summed E-state index contributed by atoms with van der Waals surface area (Å²) in [4.78, 5) is 12.1. The zero-order valence-corrected chi connectivity index (χ0v) is 25.7. The van der Waals surface area contributed by atoms with Crippen molar-refractivity contribution in [3.8, 4) is 0 Å². The minimum Gasteiger partial charge on any atom is -0.327 e. The molecule has 1 aromatic heterocycles. The van der Waals surface area contributed by atoms with Crippen LogP contribution in [0.3, 0.4) is 0 Å². The smallest absolute Gasteiger partial charge is 0.270 e. The van der Waals surface area contributed by atoms with Crippen LogP contribution in [0, 0.1) is 19.8 Å². The van der Waals surface area contributed by atoms with E-state index < -0.39 is 5.92 Å². The SMILES string of the molecule is CN=C(C)c1cc(CN2CCC(c3nc4ccccc4n3CC3CC3)CC2)ccc1C.Cc1cccc(C(C)(F)F)c1. The van der Waals surface area contributed by atoms with Crippen LogP contribution in [0.2, 0.25) is 0 Å². The highest BCUT2D eigenvalue weighted by Crippen LogP contribution is 2.36. The Labute approximate surface area is 249 Å². The highest BCUT2D eigenvalue weighted by Gasteiger charge is 2.29. The summed E-state index contributed by atoms with van der Waals surface area (Å²) in [7, 11) is 1.88. The summed E-state index contributed by atoms with van der Waals surface area (Å²) >= 11 is 0. The molecular formula is C36H44F2N4. The molecule has 1 aliphatic heterocycles. The number of halogens is 2. The van der Waals surface area contributed by atoms with Crippen molar-refractivity contribution in [2.45, 2.75) is 78.3 Å². The maximum Gasteiger partial charge on any atom is 0.270 e. The van der Waals surface area contributed by atoms with Gasteiger partial charge in [-0.05, 0) is 100 Å². The zero-order valence-electron chi connectivity index (χ0n) is 25.7. The third-order valence-electron chi connectivity index (χ3n) is 8.73. The van der Waals surface area contributed by atoms with Gasteiger partial charge in [0.1, 0.15) is 5.82 Å². The number of nitrogens with zero attached hydrogens (tertiary/aromatic N) is 4. The van der Waals surface area contributed by atoms with E-state index >= 15 is 0 Å². The van der Waals surface area contributed by atoms with Gasteiger partial charge in [0.2, 0.25) is 0 Å². The van der Waals surface area contributed by atoms with Gasteiger partial charge in [-0.1, -0.05) is 54.1 Å². The summed E-state index contributed by atoms with van der Waals surface area (Å²) in [6, 6.07) is 21.9. The van der Waals surface area contributed by atoms with Gasteiger partial charge in [-0.25, -0.2) is 13.8 Å². The maximum atomic E-state index is 12.6. The first-order valence-electron chi connectivity index (χ1n) is 15.3. The van der Waals surface area contributed by atoms with Crippen molar-refractivity contribution in [1.82, 2.24) is 14.5 Å². The van der Waals surface area contributed by atoms with Crippen LogP contribution in [0.1, 0.15) is 79.1 Å². The molecule has 4 nitrogen and oxygen atoms in total. The van der Waals surface area contributed by atoms with E-state index in [1.807, 2.05) is 7.05 Å². The molecule has 1 saturated heterocycles. The number of likely N-dealkylation sites (tertiary alicyclic amines) is 1. The van der Waals surface area contributed by atoms with Gasteiger partial charge in [-0.15, -0.1) is 0 Å². The van der Waals surface area contributed by atoms with Crippen molar-refractivity contribution in [2.75, 3.05) is 20.1 Å². The van der Waals surface area contributed by atoms with Gasteiger partial charge >= 0.3 is 0 Å². The largest absolute Gasteiger partial charge is 0.327 e. The Morgan fingerprint density at radius 1 is 0.952 bits per heavy atom. The first-order valence-corrected chi connectivity index (χ1v) is 15.3. The second kappa shape index (κ2) is 12.9. The minimum absolute atomic E-state index is 0.0810. The Morgan fingerprint density at radius 2 is 1.69 bits per heavy atom. The van der Waals surface area contributed by atoms with Gasteiger partial charge in [0.05, 0.1) is 11.0 Å². The minimum atomic E-state index is -2.72.